The van der Waals surface area contributed by atoms with Crippen molar-refractivity contribution < 1.29 is 9.53 Å². The Kier molecular flexibility index (Phi) is 4.88. The second kappa shape index (κ2) is 6.23. The smallest absolute Gasteiger partial charge is 0.124 e. The number of aldehydes is 1. The summed E-state index contributed by atoms with van der Waals surface area (Å²) in [5.74, 6) is 1.51. The highest BCUT2D eigenvalue weighted by Crippen LogP contribution is 2.14. The lowest BCUT2D eigenvalue weighted by Gasteiger charge is -2.08. The molecule has 0 aromatic heterocycles. The number of carbonyl (C=O) groups is 1. The number of hydrogen-bond donors (Lipinski definition) is 0. The van der Waals surface area contributed by atoms with Gasteiger partial charge in [0.2, 0.25) is 0 Å². The van der Waals surface area contributed by atoms with Crippen molar-refractivity contribution in [2.45, 2.75) is 26.7 Å². The molecule has 0 aliphatic carbocycles. The van der Waals surface area contributed by atoms with E-state index in [1.165, 1.54) is 0 Å². The molecule has 15 heavy (non-hydrogen) atoms. The monoisotopic (exact) mass is 206 g/mol. The van der Waals surface area contributed by atoms with E-state index < -0.39 is 0 Å². The highest BCUT2D eigenvalue weighted by atomic mass is 16.5. The fraction of sp³-hybridized carbons (Fsp3) is 0.462. The van der Waals surface area contributed by atoms with Crippen LogP contribution >= 0.6 is 0 Å². The average molecular weight is 206 g/mol. The maximum Gasteiger partial charge on any atom is 0.124 e. The van der Waals surface area contributed by atoms with Crippen molar-refractivity contribution in [1.29, 1.82) is 0 Å². The third-order valence-corrected chi connectivity index (χ3v) is 2.18. The van der Waals surface area contributed by atoms with Crippen LogP contribution in [0.2, 0.25) is 0 Å². The number of benzene rings is 1. The predicted molar refractivity (Wildman–Crippen MR) is 61.2 cm³/mol. The molecule has 1 aromatic rings. The van der Waals surface area contributed by atoms with Gasteiger partial charge >= 0.3 is 0 Å². The molecule has 0 radical (unpaired) electrons. The second-order valence-electron chi connectivity index (χ2n) is 4.05. The molecule has 2 nitrogen and oxygen atoms in total. The summed E-state index contributed by atoms with van der Waals surface area (Å²) >= 11 is 0. The molecule has 0 atom stereocenters. The highest BCUT2D eigenvalue weighted by molar-refractivity contribution is 5.55. The van der Waals surface area contributed by atoms with Crippen LogP contribution in [-0.2, 0) is 11.2 Å². The zero-order chi connectivity index (χ0) is 11.1. The van der Waals surface area contributed by atoms with Crippen LogP contribution in [-0.4, -0.2) is 12.9 Å². The van der Waals surface area contributed by atoms with Crippen LogP contribution in [0.1, 0.15) is 25.8 Å². The van der Waals surface area contributed by atoms with Gasteiger partial charge in [-0.25, -0.2) is 0 Å². The molecule has 0 heterocycles. The lowest BCUT2D eigenvalue weighted by atomic mass is 10.1. The van der Waals surface area contributed by atoms with Crippen LogP contribution in [0.4, 0.5) is 0 Å². The van der Waals surface area contributed by atoms with E-state index in [2.05, 4.69) is 13.8 Å². The first-order valence-corrected chi connectivity index (χ1v) is 5.37. The van der Waals surface area contributed by atoms with Crippen LogP contribution in [0.5, 0.6) is 5.75 Å². The first-order chi connectivity index (χ1) is 7.22. The van der Waals surface area contributed by atoms with Gasteiger partial charge in [-0.3, -0.25) is 0 Å². The van der Waals surface area contributed by atoms with E-state index in [0.717, 1.165) is 30.6 Å². The fourth-order valence-corrected chi connectivity index (χ4v) is 1.27. The molecule has 0 spiro atoms. The number of hydrogen-bond acceptors (Lipinski definition) is 2. The van der Waals surface area contributed by atoms with E-state index in [4.69, 9.17) is 4.74 Å². The van der Waals surface area contributed by atoms with Crippen LogP contribution in [0.25, 0.3) is 0 Å². The largest absolute Gasteiger partial charge is 0.494 e. The van der Waals surface area contributed by atoms with E-state index in [1.54, 1.807) is 0 Å². The van der Waals surface area contributed by atoms with Crippen LogP contribution in [0, 0.1) is 5.92 Å². The van der Waals surface area contributed by atoms with Crippen LogP contribution < -0.4 is 4.74 Å². The Balaban J connectivity index is 2.46. The van der Waals surface area contributed by atoms with E-state index in [9.17, 15) is 4.79 Å². The van der Waals surface area contributed by atoms with Crippen molar-refractivity contribution in [3.8, 4) is 5.75 Å². The summed E-state index contributed by atoms with van der Waals surface area (Å²) in [4.78, 5) is 10.3. The quantitative estimate of drug-likeness (QED) is 0.669. The summed E-state index contributed by atoms with van der Waals surface area (Å²) in [6.07, 6.45) is 2.42. The minimum Gasteiger partial charge on any atom is -0.494 e. The fourth-order valence-electron chi connectivity index (χ4n) is 1.27. The summed E-state index contributed by atoms with van der Waals surface area (Å²) < 4.78 is 5.59. The molecular weight excluding hydrogens is 188 g/mol. The van der Waals surface area contributed by atoms with Gasteiger partial charge in [0.25, 0.3) is 0 Å². The standard InChI is InChI=1S/C13H18O2/c1-11(2)7-9-15-13-5-3-4-12(10-13)6-8-14/h3-5,8,10-11H,6-7,9H2,1-2H3. The lowest BCUT2D eigenvalue weighted by Crippen LogP contribution is -2.01. The molecule has 0 saturated heterocycles. The zero-order valence-corrected chi connectivity index (χ0v) is 9.40. The van der Waals surface area contributed by atoms with Gasteiger partial charge in [0.1, 0.15) is 12.0 Å². The second-order valence-corrected chi connectivity index (χ2v) is 4.05. The Morgan fingerprint density at radius 2 is 2.20 bits per heavy atom. The van der Waals surface area contributed by atoms with Gasteiger partial charge in [0.05, 0.1) is 6.61 Å². The van der Waals surface area contributed by atoms with Gasteiger partial charge in [0.15, 0.2) is 0 Å². The maximum absolute atomic E-state index is 10.3. The summed E-state index contributed by atoms with van der Waals surface area (Å²) in [5.41, 5.74) is 1.01. The normalized spacial score (nSPS) is 10.3. The zero-order valence-electron chi connectivity index (χ0n) is 9.40. The van der Waals surface area contributed by atoms with Crippen molar-refractivity contribution >= 4 is 6.29 Å². The maximum atomic E-state index is 10.3. The van der Waals surface area contributed by atoms with E-state index in [-0.39, 0.29) is 0 Å². The molecule has 0 aliphatic rings. The van der Waals surface area contributed by atoms with E-state index >= 15 is 0 Å². The van der Waals surface area contributed by atoms with Gasteiger partial charge in [-0.1, -0.05) is 26.0 Å². The molecule has 0 fully saturated rings. The first-order valence-electron chi connectivity index (χ1n) is 5.37. The van der Waals surface area contributed by atoms with Crippen LogP contribution in [0.15, 0.2) is 24.3 Å². The summed E-state index contributed by atoms with van der Waals surface area (Å²) in [6, 6.07) is 7.70. The number of rotatable bonds is 6. The average Bonchev–Trinajstić information content (AvgIpc) is 2.18. The predicted octanol–water partition coefficient (Wildman–Crippen LogP) is 2.85. The van der Waals surface area contributed by atoms with Crippen molar-refractivity contribution in [3.63, 3.8) is 0 Å². The molecule has 1 rings (SSSR count). The van der Waals surface area contributed by atoms with E-state index in [0.29, 0.717) is 12.3 Å². The van der Waals surface area contributed by atoms with Crippen molar-refractivity contribution in [1.82, 2.24) is 0 Å². The van der Waals surface area contributed by atoms with Gasteiger partial charge in [-0.05, 0) is 30.0 Å². The molecule has 0 unspecified atom stereocenters. The SMILES string of the molecule is CC(C)CCOc1cccc(CC=O)c1. The Morgan fingerprint density at radius 1 is 1.40 bits per heavy atom. The minimum atomic E-state index is 0.460. The minimum absolute atomic E-state index is 0.460. The summed E-state index contributed by atoms with van der Waals surface area (Å²) in [6.45, 7) is 5.08. The molecule has 0 bridgehead atoms. The number of ether oxygens (including phenoxy) is 1. The highest BCUT2D eigenvalue weighted by Gasteiger charge is 1.98. The molecule has 0 aliphatic heterocycles. The van der Waals surface area contributed by atoms with E-state index in [1.807, 2.05) is 24.3 Å². The molecule has 1 aromatic carbocycles. The summed E-state index contributed by atoms with van der Waals surface area (Å²) in [5, 5.41) is 0. The lowest BCUT2D eigenvalue weighted by molar-refractivity contribution is -0.107. The Morgan fingerprint density at radius 3 is 2.87 bits per heavy atom. The van der Waals surface area contributed by atoms with Crippen molar-refractivity contribution in [2.24, 2.45) is 5.92 Å². The molecular formula is C13H18O2. The topological polar surface area (TPSA) is 26.3 Å². The number of carbonyl (C=O) groups excluding carboxylic acids is 1. The van der Waals surface area contributed by atoms with Crippen molar-refractivity contribution in [2.75, 3.05) is 6.61 Å². The Labute approximate surface area is 91.3 Å². The van der Waals surface area contributed by atoms with Gasteiger partial charge in [0, 0.05) is 6.42 Å². The third kappa shape index (κ3) is 4.63. The molecule has 2 heteroatoms. The molecule has 0 amide bonds. The van der Waals surface area contributed by atoms with Gasteiger partial charge in [-0.15, -0.1) is 0 Å². The first kappa shape index (κ1) is 11.8. The Bertz CT molecular complexity index is 305. The summed E-state index contributed by atoms with van der Waals surface area (Å²) in [7, 11) is 0. The van der Waals surface area contributed by atoms with Gasteiger partial charge < -0.3 is 9.53 Å². The third-order valence-electron chi connectivity index (χ3n) is 2.18. The Hall–Kier alpha value is -1.31. The van der Waals surface area contributed by atoms with Crippen molar-refractivity contribution in [3.05, 3.63) is 29.8 Å². The van der Waals surface area contributed by atoms with Crippen LogP contribution in [0.3, 0.4) is 0 Å². The molecule has 82 valence electrons. The molecule has 0 N–H and O–H groups in total. The van der Waals surface area contributed by atoms with Gasteiger partial charge in [-0.2, -0.15) is 0 Å². The molecule has 0 saturated carbocycles.